The van der Waals surface area contributed by atoms with Crippen LogP contribution in [0.3, 0.4) is 0 Å². The second-order valence-corrected chi connectivity index (χ2v) is 9.61. The van der Waals surface area contributed by atoms with Gasteiger partial charge in [-0.3, -0.25) is 9.59 Å². The van der Waals surface area contributed by atoms with Gasteiger partial charge in [0.1, 0.15) is 6.04 Å². The topological polar surface area (TPSA) is 49.4 Å². The number of hydrogen-bond acceptors (Lipinski definition) is 2. The zero-order valence-electron chi connectivity index (χ0n) is 19.5. The van der Waals surface area contributed by atoms with E-state index in [1.165, 1.54) is 0 Å². The van der Waals surface area contributed by atoms with Crippen molar-refractivity contribution in [3.8, 4) is 0 Å². The van der Waals surface area contributed by atoms with Crippen LogP contribution in [0.4, 0.5) is 0 Å². The first-order valence-electron chi connectivity index (χ1n) is 11.4. The molecule has 2 amide bonds. The Labute approximate surface area is 211 Å². The maximum absolute atomic E-state index is 13.7. The van der Waals surface area contributed by atoms with Gasteiger partial charge in [-0.25, -0.2) is 0 Å². The lowest BCUT2D eigenvalue weighted by Gasteiger charge is -2.32. The summed E-state index contributed by atoms with van der Waals surface area (Å²) < 4.78 is 0. The molecule has 0 heterocycles. The van der Waals surface area contributed by atoms with Crippen molar-refractivity contribution in [1.82, 2.24) is 10.2 Å². The Bertz CT molecular complexity index is 1100. The summed E-state index contributed by atoms with van der Waals surface area (Å²) in [6, 6.07) is 23.7. The van der Waals surface area contributed by atoms with E-state index in [4.69, 9.17) is 23.2 Å². The van der Waals surface area contributed by atoms with Gasteiger partial charge in [0, 0.05) is 29.6 Å². The molecular formula is C28H30Cl2N2O2. The highest BCUT2D eigenvalue weighted by molar-refractivity contribution is 6.31. The van der Waals surface area contributed by atoms with Crippen LogP contribution in [-0.4, -0.2) is 29.3 Å². The average molecular weight is 497 g/mol. The van der Waals surface area contributed by atoms with Gasteiger partial charge >= 0.3 is 0 Å². The predicted molar refractivity (Wildman–Crippen MR) is 139 cm³/mol. The van der Waals surface area contributed by atoms with Crippen LogP contribution in [0.15, 0.2) is 78.9 Å². The molecule has 0 bridgehead atoms. The van der Waals surface area contributed by atoms with Crippen molar-refractivity contribution in [3.63, 3.8) is 0 Å². The number of halogens is 2. The van der Waals surface area contributed by atoms with Crippen LogP contribution in [0.2, 0.25) is 10.0 Å². The summed E-state index contributed by atoms with van der Waals surface area (Å²) in [4.78, 5) is 28.7. The van der Waals surface area contributed by atoms with E-state index in [2.05, 4.69) is 5.32 Å². The first kappa shape index (κ1) is 25.8. The number of hydrogen-bond donors (Lipinski definition) is 1. The molecule has 0 fully saturated rings. The van der Waals surface area contributed by atoms with Gasteiger partial charge in [-0.2, -0.15) is 0 Å². The minimum atomic E-state index is -0.691. The third-order valence-electron chi connectivity index (χ3n) is 5.50. The Morgan fingerprint density at radius 2 is 1.56 bits per heavy atom. The first-order chi connectivity index (χ1) is 16.3. The number of carbonyl (C=O) groups excluding carboxylic acids is 2. The molecule has 1 N–H and O–H groups in total. The smallest absolute Gasteiger partial charge is 0.243 e. The molecule has 0 aliphatic carbocycles. The fourth-order valence-electron chi connectivity index (χ4n) is 3.71. The summed E-state index contributed by atoms with van der Waals surface area (Å²) in [6.07, 6.45) is 0.532. The van der Waals surface area contributed by atoms with Crippen molar-refractivity contribution in [2.45, 2.75) is 39.3 Å². The molecule has 3 aromatic rings. The molecule has 0 spiro atoms. The Kier molecular flexibility index (Phi) is 9.55. The minimum Gasteiger partial charge on any atom is -0.354 e. The predicted octanol–water partition coefficient (Wildman–Crippen LogP) is 5.95. The summed E-state index contributed by atoms with van der Waals surface area (Å²) >= 11 is 12.6. The fraction of sp³-hybridized carbons (Fsp3) is 0.286. The molecule has 3 rings (SSSR count). The molecule has 0 aromatic heterocycles. The monoisotopic (exact) mass is 496 g/mol. The van der Waals surface area contributed by atoms with Gasteiger partial charge < -0.3 is 10.2 Å². The maximum atomic E-state index is 13.7. The van der Waals surface area contributed by atoms with E-state index in [0.29, 0.717) is 28.9 Å². The van der Waals surface area contributed by atoms with Crippen LogP contribution in [0, 0.1) is 5.92 Å². The van der Waals surface area contributed by atoms with Crippen molar-refractivity contribution in [3.05, 3.63) is 106 Å². The van der Waals surface area contributed by atoms with E-state index >= 15 is 0 Å². The Balaban J connectivity index is 1.97. The van der Waals surface area contributed by atoms with Crippen molar-refractivity contribution in [2.24, 2.45) is 5.92 Å². The highest BCUT2D eigenvalue weighted by Crippen LogP contribution is 2.22. The van der Waals surface area contributed by atoms with E-state index in [-0.39, 0.29) is 24.8 Å². The highest BCUT2D eigenvalue weighted by Gasteiger charge is 2.30. The molecular weight excluding hydrogens is 467 g/mol. The number of nitrogens with zero attached hydrogens (tertiary/aromatic N) is 1. The number of benzene rings is 3. The molecule has 0 saturated heterocycles. The van der Waals surface area contributed by atoms with E-state index in [9.17, 15) is 9.59 Å². The standard InChI is InChI=1S/C28H30Cl2N2O2/c1-20(2)18-31-28(34)26(16-21-9-4-3-5-10-21)32(19-23-12-6-7-14-25(23)30)27(33)17-22-11-8-13-24(29)15-22/h3-15,20,26H,16-19H2,1-2H3,(H,31,34)/t26-/m0/s1. The summed E-state index contributed by atoms with van der Waals surface area (Å²) in [6.45, 7) is 4.84. The molecule has 4 nitrogen and oxygen atoms in total. The lowest BCUT2D eigenvalue weighted by atomic mass is 10.0. The van der Waals surface area contributed by atoms with E-state index in [1.54, 1.807) is 23.1 Å². The first-order valence-corrected chi connectivity index (χ1v) is 12.2. The Hall–Kier alpha value is -2.82. The maximum Gasteiger partial charge on any atom is 0.243 e. The molecule has 0 radical (unpaired) electrons. The molecule has 6 heteroatoms. The third-order valence-corrected chi connectivity index (χ3v) is 6.10. The number of rotatable bonds is 10. The molecule has 1 atom stereocenters. The van der Waals surface area contributed by atoms with Crippen LogP contribution in [-0.2, 0) is 29.0 Å². The normalized spacial score (nSPS) is 11.8. The molecule has 3 aromatic carbocycles. The second-order valence-electron chi connectivity index (χ2n) is 8.76. The largest absolute Gasteiger partial charge is 0.354 e. The van der Waals surface area contributed by atoms with E-state index in [0.717, 1.165) is 16.7 Å². The SMILES string of the molecule is CC(C)CNC(=O)[C@H](Cc1ccccc1)N(Cc1ccccc1Cl)C(=O)Cc1cccc(Cl)c1. The molecule has 0 aliphatic heterocycles. The summed E-state index contributed by atoms with van der Waals surface area (Å²) in [5.41, 5.74) is 2.56. The molecule has 0 saturated carbocycles. The zero-order chi connectivity index (χ0) is 24.5. The van der Waals surface area contributed by atoms with E-state index in [1.807, 2.05) is 74.5 Å². The van der Waals surface area contributed by atoms with Gasteiger partial charge in [0.15, 0.2) is 0 Å². The second kappa shape index (κ2) is 12.6. The van der Waals surface area contributed by atoms with Crippen LogP contribution in [0.5, 0.6) is 0 Å². The number of amides is 2. The zero-order valence-corrected chi connectivity index (χ0v) is 21.0. The van der Waals surface area contributed by atoms with Gasteiger partial charge in [0.25, 0.3) is 0 Å². The Morgan fingerprint density at radius 3 is 2.24 bits per heavy atom. The van der Waals surface area contributed by atoms with Gasteiger partial charge in [-0.1, -0.05) is 97.7 Å². The van der Waals surface area contributed by atoms with Crippen molar-refractivity contribution in [1.29, 1.82) is 0 Å². The average Bonchev–Trinajstić information content (AvgIpc) is 2.81. The third kappa shape index (κ3) is 7.61. The minimum absolute atomic E-state index is 0.133. The van der Waals surface area contributed by atoms with Gasteiger partial charge in [-0.15, -0.1) is 0 Å². The quantitative estimate of drug-likeness (QED) is 0.377. The summed E-state index contributed by atoms with van der Waals surface area (Å²) in [5, 5.41) is 4.15. The van der Waals surface area contributed by atoms with Crippen LogP contribution >= 0.6 is 23.2 Å². The van der Waals surface area contributed by atoms with Crippen LogP contribution < -0.4 is 5.32 Å². The molecule has 178 valence electrons. The van der Waals surface area contributed by atoms with Gasteiger partial charge in [-0.05, 0) is 40.8 Å². The highest BCUT2D eigenvalue weighted by atomic mass is 35.5. The van der Waals surface area contributed by atoms with Gasteiger partial charge in [0.05, 0.1) is 6.42 Å². The van der Waals surface area contributed by atoms with Crippen LogP contribution in [0.25, 0.3) is 0 Å². The van der Waals surface area contributed by atoms with E-state index < -0.39 is 6.04 Å². The van der Waals surface area contributed by atoms with Crippen molar-refractivity contribution < 1.29 is 9.59 Å². The fourth-order valence-corrected chi connectivity index (χ4v) is 4.12. The number of nitrogens with one attached hydrogen (secondary N) is 1. The lowest BCUT2D eigenvalue weighted by molar-refractivity contribution is -0.140. The van der Waals surface area contributed by atoms with Crippen molar-refractivity contribution in [2.75, 3.05) is 6.54 Å². The molecule has 0 unspecified atom stereocenters. The summed E-state index contributed by atoms with van der Waals surface area (Å²) in [7, 11) is 0. The van der Waals surface area contributed by atoms with Gasteiger partial charge in [0.2, 0.25) is 11.8 Å². The number of carbonyl (C=O) groups is 2. The van der Waals surface area contributed by atoms with Crippen molar-refractivity contribution >= 4 is 35.0 Å². The van der Waals surface area contributed by atoms with Crippen LogP contribution in [0.1, 0.15) is 30.5 Å². The molecule has 0 aliphatic rings. The lowest BCUT2D eigenvalue weighted by Crippen LogP contribution is -2.51. The summed E-state index contributed by atoms with van der Waals surface area (Å²) in [5.74, 6) is -0.0487. The Morgan fingerprint density at radius 1 is 0.882 bits per heavy atom. The molecule has 34 heavy (non-hydrogen) atoms.